The summed E-state index contributed by atoms with van der Waals surface area (Å²) in [4.78, 5) is 36.6. The van der Waals surface area contributed by atoms with Crippen LogP contribution in [0.15, 0.2) is 24.3 Å². The van der Waals surface area contributed by atoms with Crippen LogP contribution in [-0.4, -0.2) is 54.4 Å². The molecule has 1 heterocycles. The van der Waals surface area contributed by atoms with Gasteiger partial charge in [0.05, 0.1) is 24.3 Å². The molecule has 0 bridgehead atoms. The minimum absolute atomic E-state index is 0.275. The highest BCUT2D eigenvalue weighted by molar-refractivity contribution is 9.10. The zero-order valence-corrected chi connectivity index (χ0v) is 14.5. The molecule has 0 saturated carbocycles. The van der Waals surface area contributed by atoms with Gasteiger partial charge in [-0.2, -0.15) is 0 Å². The van der Waals surface area contributed by atoms with Crippen LogP contribution >= 0.6 is 15.9 Å². The lowest BCUT2D eigenvalue weighted by Crippen LogP contribution is -2.34. The minimum atomic E-state index is -0.584. The van der Waals surface area contributed by atoms with Crippen LogP contribution in [-0.2, 0) is 14.3 Å². The van der Waals surface area contributed by atoms with Gasteiger partial charge in [-0.3, -0.25) is 19.3 Å². The number of hydrogen-bond acceptors (Lipinski definition) is 5. The number of carbonyl (C=O) groups excluding carboxylic acids is 3. The fourth-order valence-electron chi connectivity index (χ4n) is 2.54. The minimum Gasteiger partial charge on any atom is -0.468 e. The van der Waals surface area contributed by atoms with Gasteiger partial charge >= 0.3 is 5.97 Å². The third-order valence-electron chi connectivity index (χ3n) is 3.80. The molecule has 1 aromatic rings. The van der Waals surface area contributed by atoms with Crippen molar-refractivity contribution < 1.29 is 23.9 Å². The largest absolute Gasteiger partial charge is 0.468 e. The first-order valence-corrected chi connectivity index (χ1v) is 8.12. The summed E-state index contributed by atoms with van der Waals surface area (Å²) in [7, 11) is 2.81. The van der Waals surface area contributed by atoms with E-state index in [4.69, 9.17) is 4.74 Å². The summed E-state index contributed by atoms with van der Waals surface area (Å²) in [6, 6.07) is 6.78. The molecule has 0 radical (unpaired) electrons. The molecule has 2 amide bonds. The molecule has 0 aromatic heterocycles. The van der Waals surface area contributed by atoms with Crippen molar-refractivity contribution in [2.45, 2.75) is 23.8 Å². The van der Waals surface area contributed by atoms with E-state index >= 15 is 0 Å². The number of methoxy groups -OCH3 is 2. The number of carbonyl (C=O) groups is 3. The maximum atomic E-state index is 12.2. The predicted molar refractivity (Wildman–Crippen MR) is 86.6 cm³/mol. The maximum Gasteiger partial charge on any atom is 0.322 e. The van der Waals surface area contributed by atoms with Crippen LogP contribution in [0.5, 0.6) is 0 Å². The average Bonchev–Trinajstić information content (AvgIpc) is 2.82. The van der Waals surface area contributed by atoms with Gasteiger partial charge in [0.15, 0.2) is 0 Å². The van der Waals surface area contributed by atoms with Crippen molar-refractivity contribution >= 4 is 33.7 Å². The molecular formula is C16H18BrNO5. The molecule has 2 atom stereocenters. The topological polar surface area (TPSA) is 72.9 Å². The third-order valence-corrected chi connectivity index (χ3v) is 4.77. The van der Waals surface area contributed by atoms with Crippen molar-refractivity contribution in [2.24, 2.45) is 0 Å². The van der Waals surface area contributed by atoms with Gasteiger partial charge in [0, 0.05) is 13.7 Å². The van der Waals surface area contributed by atoms with Crippen LogP contribution in [0.2, 0.25) is 0 Å². The molecule has 0 spiro atoms. The number of rotatable bonds is 7. The molecule has 2 unspecified atom stereocenters. The van der Waals surface area contributed by atoms with Gasteiger partial charge in [-0.1, -0.05) is 28.1 Å². The van der Waals surface area contributed by atoms with Crippen molar-refractivity contribution in [3.05, 3.63) is 35.4 Å². The molecule has 0 saturated heterocycles. The predicted octanol–water partition coefficient (Wildman–Crippen LogP) is 2.01. The van der Waals surface area contributed by atoms with Crippen molar-refractivity contribution in [3.63, 3.8) is 0 Å². The standard InChI is InChI=1S/C16H18BrNO5/c1-22-12(13(17)16(21)23-2)8-5-9-18-14(19)10-6-3-4-7-11(10)15(18)20/h3-4,6-7,12-13H,5,8-9H2,1-2H3. The maximum absolute atomic E-state index is 12.2. The number of ether oxygens (including phenoxy) is 2. The Morgan fingerprint density at radius 3 is 2.22 bits per heavy atom. The number of esters is 1. The normalized spacial score (nSPS) is 16.2. The molecule has 2 rings (SSSR count). The first-order chi connectivity index (χ1) is 11.0. The Labute approximate surface area is 142 Å². The lowest BCUT2D eigenvalue weighted by atomic mass is 10.1. The Morgan fingerprint density at radius 2 is 1.74 bits per heavy atom. The molecule has 1 aromatic carbocycles. The van der Waals surface area contributed by atoms with Gasteiger partial charge in [-0.25, -0.2) is 0 Å². The molecule has 1 aliphatic rings. The highest BCUT2D eigenvalue weighted by Crippen LogP contribution is 2.23. The van der Waals surface area contributed by atoms with E-state index in [1.807, 2.05) is 0 Å². The smallest absolute Gasteiger partial charge is 0.322 e. The summed E-state index contributed by atoms with van der Waals surface area (Å²) in [5.74, 6) is -0.969. The molecule has 0 N–H and O–H groups in total. The van der Waals surface area contributed by atoms with Crippen LogP contribution in [0.4, 0.5) is 0 Å². The van der Waals surface area contributed by atoms with Crippen molar-refractivity contribution in [2.75, 3.05) is 20.8 Å². The second kappa shape index (κ2) is 7.70. The van der Waals surface area contributed by atoms with Gasteiger partial charge in [-0.15, -0.1) is 0 Å². The van der Waals surface area contributed by atoms with E-state index in [0.717, 1.165) is 0 Å². The van der Waals surface area contributed by atoms with Crippen LogP contribution in [0, 0.1) is 0 Å². The Balaban J connectivity index is 1.93. The van der Waals surface area contributed by atoms with Crippen LogP contribution < -0.4 is 0 Å². The molecular weight excluding hydrogens is 366 g/mol. The Morgan fingerprint density at radius 1 is 1.17 bits per heavy atom. The summed E-state index contributed by atoms with van der Waals surface area (Å²) in [6.07, 6.45) is 0.649. The summed E-state index contributed by atoms with van der Waals surface area (Å²) in [6.45, 7) is 0.285. The molecule has 124 valence electrons. The second-order valence-electron chi connectivity index (χ2n) is 5.15. The van der Waals surface area contributed by atoms with Crippen LogP contribution in [0.25, 0.3) is 0 Å². The number of alkyl halides is 1. The quantitative estimate of drug-likeness (QED) is 0.409. The summed E-state index contributed by atoms with van der Waals surface area (Å²) in [5.41, 5.74) is 0.877. The third kappa shape index (κ3) is 3.61. The zero-order valence-electron chi connectivity index (χ0n) is 13.0. The first kappa shape index (κ1) is 17.6. The van der Waals surface area contributed by atoms with E-state index in [2.05, 4.69) is 20.7 Å². The monoisotopic (exact) mass is 383 g/mol. The van der Waals surface area contributed by atoms with E-state index in [1.54, 1.807) is 24.3 Å². The molecule has 23 heavy (non-hydrogen) atoms. The van der Waals surface area contributed by atoms with E-state index in [9.17, 15) is 14.4 Å². The molecule has 7 heteroatoms. The fourth-order valence-corrected chi connectivity index (χ4v) is 3.21. The SMILES string of the molecule is COC(=O)C(Br)C(CCCN1C(=O)c2ccccc2C1=O)OC. The second-order valence-corrected chi connectivity index (χ2v) is 6.14. The Bertz CT molecular complexity index is 583. The summed E-state index contributed by atoms with van der Waals surface area (Å²) < 4.78 is 9.95. The van der Waals surface area contributed by atoms with E-state index in [0.29, 0.717) is 24.0 Å². The summed E-state index contributed by atoms with van der Waals surface area (Å²) in [5, 5.41) is 0. The van der Waals surface area contributed by atoms with Gasteiger partial charge in [0.25, 0.3) is 11.8 Å². The van der Waals surface area contributed by atoms with Crippen molar-refractivity contribution in [3.8, 4) is 0 Å². The van der Waals surface area contributed by atoms with Gasteiger partial charge in [-0.05, 0) is 25.0 Å². The Hall–Kier alpha value is -1.73. The first-order valence-electron chi connectivity index (χ1n) is 7.21. The van der Waals surface area contributed by atoms with Gasteiger partial charge in [0.1, 0.15) is 4.83 Å². The van der Waals surface area contributed by atoms with Crippen LogP contribution in [0.3, 0.4) is 0 Å². The fraction of sp³-hybridized carbons (Fsp3) is 0.438. The molecule has 0 aliphatic carbocycles. The Kier molecular flexibility index (Phi) is 5.90. The zero-order chi connectivity index (χ0) is 17.0. The number of fused-ring (bicyclic) bond motifs is 1. The highest BCUT2D eigenvalue weighted by atomic mass is 79.9. The highest BCUT2D eigenvalue weighted by Gasteiger charge is 2.35. The number of hydrogen-bond donors (Lipinski definition) is 0. The number of nitrogens with zero attached hydrogens (tertiary/aromatic N) is 1. The van der Waals surface area contributed by atoms with Crippen molar-refractivity contribution in [1.82, 2.24) is 4.90 Å². The lowest BCUT2D eigenvalue weighted by molar-refractivity contribution is -0.142. The number of amides is 2. The van der Waals surface area contributed by atoms with Crippen molar-refractivity contribution in [1.29, 1.82) is 0 Å². The number of benzene rings is 1. The lowest BCUT2D eigenvalue weighted by Gasteiger charge is -2.20. The van der Waals surface area contributed by atoms with E-state index in [-0.39, 0.29) is 18.4 Å². The van der Waals surface area contributed by atoms with Crippen LogP contribution in [0.1, 0.15) is 33.6 Å². The van der Waals surface area contributed by atoms with E-state index in [1.165, 1.54) is 19.1 Å². The molecule has 0 fully saturated rings. The molecule has 6 nitrogen and oxygen atoms in total. The van der Waals surface area contributed by atoms with Gasteiger partial charge in [0.2, 0.25) is 0 Å². The van der Waals surface area contributed by atoms with E-state index < -0.39 is 16.9 Å². The number of imide groups is 1. The average molecular weight is 384 g/mol. The molecule has 1 aliphatic heterocycles. The summed E-state index contributed by atoms with van der Waals surface area (Å²) >= 11 is 3.24. The van der Waals surface area contributed by atoms with Gasteiger partial charge < -0.3 is 9.47 Å². The number of halogens is 1.